The van der Waals surface area contributed by atoms with E-state index < -0.39 is 12.1 Å². The predicted molar refractivity (Wildman–Crippen MR) is 136 cm³/mol. The van der Waals surface area contributed by atoms with Crippen LogP contribution in [0, 0.1) is 24.2 Å². The maximum Gasteiger partial charge on any atom is 0.391 e. The van der Waals surface area contributed by atoms with E-state index in [9.17, 15) is 18.4 Å². The minimum absolute atomic E-state index is 0.113. The smallest absolute Gasteiger partial charge is 0.357 e. The summed E-state index contributed by atoms with van der Waals surface area (Å²) in [6.07, 6.45) is -2.19. The quantitative estimate of drug-likeness (QED) is 0.434. The number of alkyl halides is 3. The van der Waals surface area contributed by atoms with Crippen LogP contribution in [0.15, 0.2) is 30.3 Å². The number of fused-ring (bicyclic) bond motifs is 3. The molecule has 6 rings (SSSR count). The molecule has 4 heterocycles. The first-order chi connectivity index (χ1) is 18.2. The fraction of sp³-hybridized carbons (Fsp3) is 0.481. The van der Waals surface area contributed by atoms with Crippen LogP contribution in [0.4, 0.5) is 19.0 Å². The molecule has 3 aromatic rings. The largest absolute Gasteiger partial charge is 0.391 e. The van der Waals surface area contributed by atoms with Gasteiger partial charge < -0.3 is 4.90 Å². The molecule has 0 N–H and O–H groups in total. The van der Waals surface area contributed by atoms with Gasteiger partial charge in [0.05, 0.1) is 29.4 Å². The highest BCUT2D eigenvalue weighted by Crippen LogP contribution is 2.45. The summed E-state index contributed by atoms with van der Waals surface area (Å²) >= 11 is 6.34. The van der Waals surface area contributed by atoms with Crippen molar-refractivity contribution in [2.45, 2.75) is 63.8 Å². The average molecular weight is 542 g/mol. The molecule has 38 heavy (non-hydrogen) atoms. The highest BCUT2D eigenvalue weighted by Gasteiger charge is 2.49. The van der Waals surface area contributed by atoms with Gasteiger partial charge in [0.15, 0.2) is 5.82 Å². The van der Waals surface area contributed by atoms with Crippen molar-refractivity contribution in [3.8, 4) is 11.8 Å². The van der Waals surface area contributed by atoms with E-state index in [4.69, 9.17) is 11.6 Å². The summed E-state index contributed by atoms with van der Waals surface area (Å²) in [5, 5.41) is 18.9. The third-order valence-electron chi connectivity index (χ3n) is 8.22. The number of benzene rings is 1. The van der Waals surface area contributed by atoms with Crippen LogP contribution in [-0.2, 0) is 13.1 Å². The minimum Gasteiger partial charge on any atom is -0.357 e. The maximum atomic E-state index is 13.2. The summed E-state index contributed by atoms with van der Waals surface area (Å²) in [7, 11) is 0. The molecule has 7 nitrogen and oxygen atoms in total. The molecule has 11 heteroatoms. The third kappa shape index (κ3) is 4.52. The zero-order chi connectivity index (χ0) is 26.6. The number of aromatic nitrogens is 4. The summed E-state index contributed by atoms with van der Waals surface area (Å²) in [5.74, 6) is 1.45. The Bertz CT molecular complexity index is 1400. The van der Waals surface area contributed by atoms with Crippen molar-refractivity contribution in [3.63, 3.8) is 0 Å². The van der Waals surface area contributed by atoms with Gasteiger partial charge in [-0.05, 0) is 68.5 Å². The van der Waals surface area contributed by atoms with E-state index >= 15 is 0 Å². The monoisotopic (exact) mass is 541 g/mol. The highest BCUT2D eigenvalue weighted by atomic mass is 35.5. The van der Waals surface area contributed by atoms with Crippen LogP contribution in [0.2, 0.25) is 5.02 Å². The third-order valence-corrected chi connectivity index (χ3v) is 8.46. The zero-order valence-corrected chi connectivity index (χ0v) is 21.7. The molecule has 1 aliphatic carbocycles. The molecule has 2 fully saturated rings. The molecule has 0 atom stereocenters. The van der Waals surface area contributed by atoms with Crippen molar-refractivity contribution in [2.24, 2.45) is 5.92 Å². The number of hydrogen-bond donors (Lipinski definition) is 0. The van der Waals surface area contributed by atoms with Gasteiger partial charge in [-0.2, -0.15) is 18.4 Å². The molecular formula is C27H27ClF3N7. The standard InChI is InChI=1S/C27H27ClF3N7/c1-16-18(13-32)2-5-24(33-16)36-8-6-17(7-9-36)26-35-34-25-15-37(22-11-20(12-22)27(29,30)31)14-19-10-21(28)3-4-23(19)38(25)26/h2-5,10,17,20,22H,6-9,11-12,14-15H2,1H3. The number of nitriles is 1. The van der Waals surface area contributed by atoms with Gasteiger partial charge in [0.25, 0.3) is 0 Å². The molecule has 0 amide bonds. The molecule has 3 aliphatic rings. The Balaban J connectivity index is 1.24. The van der Waals surface area contributed by atoms with Crippen LogP contribution < -0.4 is 4.90 Å². The van der Waals surface area contributed by atoms with Crippen LogP contribution in [0.25, 0.3) is 5.69 Å². The lowest BCUT2D eigenvalue weighted by Crippen LogP contribution is -2.48. The van der Waals surface area contributed by atoms with E-state index in [-0.39, 0.29) is 24.8 Å². The van der Waals surface area contributed by atoms with Crippen LogP contribution in [-0.4, -0.2) is 50.0 Å². The summed E-state index contributed by atoms with van der Waals surface area (Å²) < 4.78 is 41.6. The second kappa shape index (κ2) is 9.54. The molecule has 2 aliphatic heterocycles. The van der Waals surface area contributed by atoms with Gasteiger partial charge >= 0.3 is 6.18 Å². The second-order valence-electron chi connectivity index (χ2n) is 10.5. The lowest BCUT2D eigenvalue weighted by atomic mass is 9.78. The number of rotatable bonds is 3. The molecule has 198 valence electrons. The first-order valence-corrected chi connectivity index (χ1v) is 13.3. The molecule has 0 radical (unpaired) electrons. The van der Waals surface area contributed by atoms with Gasteiger partial charge in [-0.25, -0.2) is 4.98 Å². The van der Waals surface area contributed by atoms with Crippen molar-refractivity contribution in [2.75, 3.05) is 18.0 Å². The molecule has 0 bridgehead atoms. The molecule has 1 saturated carbocycles. The molecule has 0 unspecified atom stereocenters. The number of hydrogen-bond acceptors (Lipinski definition) is 6. The topological polar surface area (TPSA) is 73.9 Å². The number of pyridine rings is 1. The Morgan fingerprint density at radius 3 is 2.50 bits per heavy atom. The van der Waals surface area contributed by atoms with Crippen LogP contribution in [0.5, 0.6) is 0 Å². The lowest BCUT2D eigenvalue weighted by molar-refractivity contribution is -0.207. The molecule has 1 saturated heterocycles. The molecule has 1 aromatic carbocycles. The second-order valence-corrected chi connectivity index (χ2v) is 11.0. The summed E-state index contributed by atoms with van der Waals surface area (Å²) in [5.41, 5.74) is 3.23. The fourth-order valence-corrected chi connectivity index (χ4v) is 6.13. The fourth-order valence-electron chi connectivity index (χ4n) is 5.94. The predicted octanol–water partition coefficient (Wildman–Crippen LogP) is 5.54. The average Bonchev–Trinajstić information content (AvgIpc) is 3.18. The van der Waals surface area contributed by atoms with E-state index in [0.29, 0.717) is 23.7 Å². The van der Waals surface area contributed by atoms with Crippen LogP contribution >= 0.6 is 11.6 Å². The number of anilines is 1. The number of nitrogens with zero attached hydrogens (tertiary/aromatic N) is 7. The number of piperidine rings is 1. The van der Waals surface area contributed by atoms with Crippen molar-refractivity contribution in [1.82, 2.24) is 24.6 Å². The van der Waals surface area contributed by atoms with E-state index in [2.05, 4.69) is 35.6 Å². The Labute approximate surface area is 223 Å². The maximum absolute atomic E-state index is 13.2. The number of aryl methyl sites for hydroxylation is 1. The molecular weight excluding hydrogens is 515 g/mol. The van der Waals surface area contributed by atoms with E-state index in [1.807, 2.05) is 37.3 Å². The molecule has 2 aromatic heterocycles. The van der Waals surface area contributed by atoms with Crippen molar-refractivity contribution >= 4 is 17.4 Å². The van der Waals surface area contributed by atoms with Crippen LogP contribution in [0.3, 0.4) is 0 Å². The Hall–Kier alpha value is -3.16. The van der Waals surface area contributed by atoms with E-state index in [1.165, 1.54) is 0 Å². The van der Waals surface area contributed by atoms with Gasteiger partial charge in [-0.3, -0.25) is 9.47 Å². The lowest BCUT2D eigenvalue weighted by Gasteiger charge is -2.43. The minimum atomic E-state index is -4.14. The van der Waals surface area contributed by atoms with Crippen molar-refractivity contribution < 1.29 is 13.2 Å². The normalized spacial score (nSPS) is 22.3. The SMILES string of the molecule is Cc1nc(N2CCC(c3nnc4n3-c3ccc(Cl)cc3CN(C3CC(C(F)(F)F)C3)C4)CC2)ccc1C#N. The van der Waals surface area contributed by atoms with Gasteiger partial charge in [0, 0.05) is 36.6 Å². The van der Waals surface area contributed by atoms with Crippen molar-refractivity contribution in [3.05, 3.63) is 63.8 Å². The highest BCUT2D eigenvalue weighted by molar-refractivity contribution is 6.30. The van der Waals surface area contributed by atoms with Gasteiger partial charge in [-0.15, -0.1) is 10.2 Å². The Morgan fingerprint density at radius 2 is 1.82 bits per heavy atom. The Morgan fingerprint density at radius 1 is 1.05 bits per heavy atom. The van der Waals surface area contributed by atoms with Gasteiger partial charge in [0.2, 0.25) is 0 Å². The zero-order valence-electron chi connectivity index (χ0n) is 20.9. The number of halogens is 4. The first kappa shape index (κ1) is 25.1. The Kier molecular flexibility index (Phi) is 6.31. The van der Waals surface area contributed by atoms with E-state index in [1.54, 1.807) is 0 Å². The summed E-state index contributed by atoms with van der Waals surface area (Å²) in [6, 6.07) is 11.4. The van der Waals surface area contributed by atoms with Crippen molar-refractivity contribution in [1.29, 1.82) is 5.26 Å². The van der Waals surface area contributed by atoms with Gasteiger partial charge in [-0.1, -0.05) is 11.6 Å². The summed E-state index contributed by atoms with van der Waals surface area (Å²) in [6.45, 7) is 4.41. The van der Waals surface area contributed by atoms with Gasteiger partial charge in [0.1, 0.15) is 17.7 Å². The summed E-state index contributed by atoms with van der Waals surface area (Å²) in [4.78, 5) is 8.94. The first-order valence-electron chi connectivity index (χ1n) is 12.9. The van der Waals surface area contributed by atoms with Crippen LogP contribution in [0.1, 0.15) is 60.1 Å². The molecule has 0 spiro atoms. The van der Waals surface area contributed by atoms with E-state index in [0.717, 1.165) is 60.3 Å².